The smallest absolute Gasteiger partial charge is 0.410 e. The molecule has 0 spiro atoms. The predicted molar refractivity (Wildman–Crippen MR) is 103 cm³/mol. The summed E-state index contributed by atoms with van der Waals surface area (Å²) in [5, 5.41) is -0.148. The summed E-state index contributed by atoms with van der Waals surface area (Å²) in [6, 6.07) is 3.90. The third-order valence-corrected chi connectivity index (χ3v) is 9.58. The minimum Gasteiger partial charge on any atom is -0.519 e. The van der Waals surface area contributed by atoms with E-state index in [2.05, 4.69) is 48.1 Å². The fourth-order valence-electron chi connectivity index (χ4n) is 3.71. The molecule has 0 atom stereocenters. The third-order valence-electron chi connectivity index (χ3n) is 4.59. The first-order valence-corrected chi connectivity index (χ1v) is 10.4. The Morgan fingerprint density at radius 2 is 1.72 bits per heavy atom. The normalized spacial score (nSPS) is 16.6. The van der Waals surface area contributed by atoms with Crippen LogP contribution < -0.4 is 4.43 Å². The van der Waals surface area contributed by atoms with E-state index in [9.17, 15) is 4.79 Å². The number of ether oxygens (including phenoxy) is 1. The Labute approximate surface area is 152 Å². The summed E-state index contributed by atoms with van der Waals surface area (Å²) < 4.78 is 18.3. The molecule has 2 rings (SSSR count). The van der Waals surface area contributed by atoms with E-state index in [1.165, 1.54) is 6.92 Å². The zero-order valence-electron chi connectivity index (χ0n) is 16.7. The maximum atomic E-state index is 11.2. The highest BCUT2D eigenvalue weighted by Gasteiger charge is 2.61. The van der Waals surface area contributed by atoms with E-state index in [0.29, 0.717) is 12.4 Å². The average Bonchev–Trinajstić information content (AvgIpc) is 2.43. The molecule has 0 saturated carbocycles. The molecule has 0 fully saturated rings. The Kier molecular flexibility index (Phi) is 4.96. The molecule has 1 aliphatic rings. The Morgan fingerprint density at radius 3 is 2.20 bits per heavy atom. The molecule has 0 bridgehead atoms. The van der Waals surface area contributed by atoms with Gasteiger partial charge in [0.05, 0.1) is 6.61 Å². The molecule has 0 saturated heterocycles. The van der Waals surface area contributed by atoms with Gasteiger partial charge >= 0.3 is 14.5 Å². The lowest BCUT2D eigenvalue weighted by Crippen LogP contribution is -2.61. The highest BCUT2D eigenvalue weighted by atomic mass is 28.4. The van der Waals surface area contributed by atoms with E-state index < -0.39 is 8.56 Å². The van der Waals surface area contributed by atoms with E-state index in [0.717, 1.165) is 22.4 Å². The molecule has 1 aromatic carbocycles. The summed E-state index contributed by atoms with van der Waals surface area (Å²) in [7, 11) is -2.55. The molecular formula is C20H30O4Si. The van der Waals surface area contributed by atoms with E-state index in [1.54, 1.807) is 0 Å². The van der Waals surface area contributed by atoms with Gasteiger partial charge in [-0.25, -0.2) is 0 Å². The fraction of sp³-hybridized carbons (Fsp3) is 0.550. The number of rotatable bonds is 2. The van der Waals surface area contributed by atoms with Crippen LogP contribution in [0.1, 0.15) is 65.2 Å². The fourth-order valence-corrected chi connectivity index (χ4v) is 8.44. The molecule has 138 valence electrons. The van der Waals surface area contributed by atoms with E-state index in [4.69, 9.17) is 13.6 Å². The zero-order chi connectivity index (χ0) is 19.2. The van der Waals surface area contributed by atoms with Crippen molar-refractivity contribution in [2.24, 2.45) is 0 Å². The van der Waals surface area contributed by atoms with Crippen LogP contribution in [0.4, 0.5) is 0 Å². The van der Waals surface area contributed by atoms with Crippen molar-refractivity contribution in [1.29, 1.82) is 0 Å². The summed E-state index contributed by atoms with van der Waals surface area (Å²) in [6.07, 6.45) is 0. The highest BCUT2D eigenvalue weighted by Crippen LogP contribution is 2.55. The number of hydrogen-bond acceptors (Lipinski definition) is 4. The second-order valence-corrected chi connectivity index (χ2v) is 13.5. The molecule has 0 unspecified atom stereocenters. The molecule has 0 aliphatic carbocycles. The van der Waals surface area contributed by atoms with E-state index in [1.807, 2.05) is 19.1 Å². The van der Waals surface area contributed by atoms with Crippen molar-refractivity contribution < 1.29 is 18.4 Å². The van der Waals surface area contributed by atoms with Crippen molar-refractivity contribution in [2.45, 2.75) is 72.1 Å². The number of fused-ring (bicyclic) bond motifs is 1. The maximum Gasteiger partial charge on any atom is 0.410 e. The molecular weight excluding hydrogens is 332 g/mol. The van der Waals surface area contributed by atoms with Gasteiger partial charge in [0.1, 0.15) is 11.5 Å². The molecule has 0 aromatic heterocycles. The number of esters is 1. The summed E-state index contributed by atoms with van der Waals surface area (Å²) in [5.41, 5.74) is 2.76. The first kappa shape index (κ1) is 19.7. The lowest BCUT2D eigenvalue weighted by Gasteiger charge is -2.51. The lowest BCUT2D eigenvalue weighted by molar-refractivity contribution is -0.134. The van der Waals surface area contributed by atoms with Gasteiger partial charge in [0, 0.05) is 28.1 Å². The summed E-state index contributed by atoms with van der Waals surface area (Å²) >= 11 is 0. The number of aryl methyl sites for hydroxylation is 1. The topological polar surface area (TPSA) is 44.8 Å². The van der Waals surface area contributed by atoms with Crippen molar-refractivity contribution in [2.75, 3.05) is 0 Å². The largest absolute Gasteiger partial charge is 0.519 e. The Balaban J connectivity index is 2.49. The molecule has 1 aromatic rings. The van der Waals surface area contributed by atoms with Crippen LogP contribution in [-0.4, -0.2) is 14.5 Å². The van der Waals surface area contributed by atoms with Crippen LogP contribution in [0.3, 0.4) is 0 Å². The summed E-state index contributed by atoms with van der Waals surface area (Å²) in [4.78, 5) is 11.2. The van der Waals surface area contributed by atoms with Crippen molar-refractivity contribution >= 4 is 20.3 Å². The van der Waals surface area contributed by atoms with Crippen LogP contribution in [0.25, 0.3) is 5.76 Å². The average molecular weight is 363 g/mol. The molecule has 0 N–H and O–H groups in total. The quantitative estimate of drug-likeness (QED) is 0.397. The number of hydrogen-bond donors (Lipinski definition) is 0. The molecule has 4 nitrogen and oxygen atoms in total. The Bertz CT molecular complexity index is 694. The van der Waals surface area contributed by atoms with Crippen molar-refractivity contribution in [3.8, 4) is 5.75 Å². The van der Waals surface area contributed by atoms with Gasteiger partial charge in [-0.05, 0) is 24.6 Å². The van der Waals surface area contributed by atoms with Crippen LogP contribution in [0.15, 0.2) is 18.7 Å². The van der Waals surface area contributed by atoms with Gasteiger partial charge in [-0.2, -0.15) is 0 Å². The summed E-state index contributed by atoms with van der Waals surface area (Å²) in [5.74, 6) is 0.876. The molecule has 25 heavy (non-hydrogen) atoms. The van der Waals surface area contributed by atoms with Gasteiger partial charge in [-0.3, -0.25) is 4.79 Å². The van der Waals surface area contributed by atoms with Crippen LogP contribution in [0, 0.1) is 6.92 Å². The van der Waals surface area contributed by atoms with E-state index in [-0.39, 0.29) is 16.0 Å². The van der Waals surface area contributed by atoms with E-state index >= 15 is 0 Å². The monoisotopic (exact) mass is 362 g/mol. The molecule has 5 heteroatoms. The first-order valence-electron chi connectivity index (χ1n) is 8.63. The number of carbonyl (C=O) groups is 1. The highest BCUT2D eigenvalue weighted by molar-refractivity contribution is 6.74. The second-order valence-electron chi connectivity index (χ2n) is 8.81. The molecule has 0 radical (unpaired) electrons. The van der Waals surface area contributed by atoms with Gasteiger partial charge in [0.15, 0.2) is 0 Å². The first-order chi connectivity index (χ1) is 11.3. The Morgan fingerprint density at radius 1 is 1.16 bits per heavy atom. The second kappa shape index (κ2) is 6.29. The van der Waals surface area contributed by atoms with Crippen LogP contribution in [0.2, 0.25) is 10.1 Å². The Hall–Kier alpha value is -1.59. The molecule has 1 heterocycles. The van der Waals surface area contributed by atoms with Crippen LogP contribution in [0.5, 0.6) is 5.75 Å². The third kappa shape index (κ3) is 3.53. The molecule has 1 aliphatic heterocycles. The van der Waals surface area contributed by atoms with Gasteiger partial charge < -0.3 is 13.6 Å². The SMILES string of the molecule is C=C(OC(C)=O)c1cc(C)c2c(c1)CO[Si](C(C)(C)C)(C(C)(C)C)O2. The van der Waals surface area contributed by atoms with Crippen molar-refractivity contribution in [3.05, 3.63) is 35.4 Å². The maximum absolute atomic E-state index is 11.2. The zero-order valence-corrected chi connectivity index (χ0v) is 17.7. The van der Waals surface area contributed by atoms with Crippen molar-refractivity contribution in [3.63, 3.8) is 0 Å². The summed E-state index contributed by atoms with van der Waals surface area (Å²) in [6.45, 7) is 20.9. The molecule has 0 amide bonds. The van der Waals surface area contributed by atoms with Crippen LogP contribution in [-0.2, 0) is 20.6 Å². The number of carbonyl (C=O) groups excluding carboxylic acids is 1. The van der Waals surface area contributed by atoms with Gasteiger partial charge in [-0.15, -0.1) is 0 Å². The van der Waals surface area contributed by atoms with Crippen LogP contribution >= 0.6 is 0 Å². The van der Waals surface area contributed by atoms with Crippen molar-refractivity contribution in [1.82, 2.24) is 0 Å². The van der Waals surface area contributed by atoms with Gasteiger partial charge in [0.25, 0.3) is 0 Å². The minimum absolute atomic E-state index is 0.0740. The predicted octanol–water partition coefficient (Wildman–Crippen LogP) is 5.48. The minimum atomic E-state index is -2.55. The standard InChI is InChI=1S/C20H30O4Si/c1-13-10-16(14(2)23-15(3)21)11-17-12-22-25(19(4,5)6,20(7,8)9)24-18(13)17/h10-11H,2,12H2,1,3-9H3. The van der Waals surface area contributed by atoms with Gasteiger partial charge in [0.2, 0.25) is 0 Å². The lowest BCUT2D eigenvalue weighted by atomic mass is 10.0. The van der Waals surface area contributed by atoms with Gasteiger partial charge in [-0.1, -0.05) is 48.1 Å². The number of benzene rings is 1.